The summed E-state index contributed by atoms with van der Waals surface area (Å²) in [4.78, 5) is 44.6. The van der Waals surface area contributed by atoms with E-state index in [-0.39, 0.29) is 23.4 Å². The number of nitro benzene ring substituents is 1. The van der Waals surface area contributed by atoms with E-state index in [9.17, 15) is 19.7 Å². The van der Waals surface area contributed by atoms with Gasteiger partial charge >= 0.3 is 5.97 Å². The lowest BCUT2D eigenvalue weighted by Crippen LogP contribution is -2.40. The molecule has 0 spiro atoms. The average molecular weight is 624 g/mol. The Morgan fingerprint density at radius 2 is 1.77 bits per heavy atom. The molecule has 220 valence electrons. The first-order chi connectivity index (χ1) is 21.4. The molecular weight excluding hydrogens is 599 g/mol. The van der Waals surface area contributed by atoms with Gasteiger partial charge in [0.25, 0.3) is 11.2 Å². The summed E-state index contributed by atoms with van der Waals surface area (Å²) in [7, 11) is 0. The number of carbonyl (C=O) groups excluding carboxylic acids is 1. The van der Waals surface area contributed by atoms with E-state index in [1.165, 1.54) is 23.5 Å². The van der Waals surface area contributed by atoms with Gasteiger partial charge in [-0.05, 0) is 55.1 Å². The van der Waals surface area contributed by atoms with Crippen LogP contribution in [-0.2, 0) is 9.53 Å². The minimum Gasteiger partial charge on any atom is -0.463 e. The van der Waals surface area contributed by atoms with Gasteiger partial charge < -0.3 is 9.15 Å². The smallest absolute Gasteiger partial charge is 0.338 e. The average Bonchev–Trinajstić information content (AvgIpc) is 3.65. The molecule has 0 aliphatic carbocycles. The number of furan rings is 1. The van der Waals surface area contributed by atoms with Gasteiger partial charge in [0.05, 0.1) is 33.4 Å². The number of fused-ring (bicyclic) bond motifs is 1. The van der Waals surface area contributed by atoms with Gasteiger partial charge in [0.2, 0.25) is 0 Å². The topological polar surface area (TPSA) is 117 Å². The van der Waals surface area contributed by atoms with Gasteiger partial charge in [-0.2, -0.15) is 0 Å². The highest BCUT2D eigenvalue weighted by Crippen LogP contribution is 2.35. The molecule has 1 aliphatic rings. The molecule has 1 unspecified atom stereocenters. The molecule has 1 atom stereocenters. The molecule has 0 bridgehead atoms. The van der Waals surface area contributed by atoms with Crippen LogP contribution in [0.2, 0.25) is 0 Å². The Kier molecular flexibility index (Phi) is 8.14. The fourth-order valence-corrected chi connectivity index (χ4v) is 6.39. The summed E-state index contributed by atoms with van der Waals surface area (Å²) in [6.07, 6.45) is 3.63. The number of hydrogen-bond donors (Lipinski definition) is 0. The van der Waals surface area contributed by atoms with Crippen LogP contribution in [0, 0.1) is 10.1 Å². The minimum absolute atomic E-state index is 0.0173. The quantitative estimate of drug-likeness (QED) is 0.0925. The predicted molar refractivity (Wildman–Crippen MR) is 170 cm³/mol. The number of thiazole rings is 1. The molecule has 6 rings (SSSR count). The maximum atomic E-state index is 14.1. The Morgan fingerprint density at radius 3 is 2.43 bits per heavy atom. The third-order valence-corrected chi connectivity index (χ3v) is 8.79. The molecule has 3 aromatic carbocycles. The second kappa shape index (κ2) is 12.3. The van der Waals surface area contributed by atoms with E-state index >= 15 is 0 Å². The van der Waals surface area contributed by atoms with Crippen LogP contribution in [0.15, 0.2) is 116 Å². The van der Waals surface area contributed by atoms with Crippen molar-refractivity contribution in [2.24, 2.45) is 4.99 Å². The van der Waals surface area contributed by atoms with Crippen molar-refractivity contribution < 1.29 is 18.9 Å². The molecule has 44 heavy (non-hydrogen) atoms. The number of thioether (sulfide) groups is 1. The molecule has 0 fully saturated rings. The highest BCUT2D eigenvalue weighted by Gasteiger charge is 2.35. The number of rotatable bonds is 8. The lowest BCUT2D eigenvalue weighted by atomic mass is 9.93. The van der Waals surface area contributed by atoms with E-state index in [1.807, 2.05) is 60.9 Å². The van der Waals surface area contributed by atoms with Gasteiger partial charge in [0, 0.05) is 34.2 Å². The second-order valence-corrected chi connectivity index (χ2v) is 11.6. The van der Waals surface area contributed by atoms with Crippen LogP contribution >= 0.6 is 23.1 Å². The second-order valence-electron chi connectivity index (χ2n) is 9.71. The lowest BCUT2D eigenvalue weighted by molar-refractivity contribution is -0.384. The monoisotopic (exact) mass is 623 g/mol. The van der Waals surface area contributed by atoms with E-state index in [2.05, 4.69) is 0 Å². The number of aromatic nitrogens is 1. The molecule has 11 heteroatoms. The van der Waals surface area contributed by atoms with Crippen LogP contribution < -0.4 is 14.9 Å². The molecule has 5 aromatic rings. The normalized spacial score (nSPS) is 14.7. The van der Waals surface area contributed by atoms with Gasteiger partial charge in [-0.1, -0.05) is 53.8 Å². The van der Waals surface area contributed by atoms with Crippen LogP contribution in [0.4, 0.5) is 5.69 Å². The SMILES string of the molecule is CCOC(=O)C1=C(c2ccccc2)N=c2s/c(=C\c3ccc(-c4ccc([N+](=O)[O-])cc4)o3)c(=O)n2C1c1ccc(SC)cc1. The van der Waals surface area contributed by atoms with E-state index < -0.39 is 16.9 Å². The number of hydrogen-bond acceptors (Lipinski definition) is 9. The lowest BCUT2D eigenvalue weighted by Gasteiger charge is -2.26. The summed E-state index contributed by atoms with van der Waals surface area (Å²) in [5.41, 5.74) is 2.54. The summed E-state index contributed by atoms with van der Waals surface area (Å²) >= 11 is 2.80. The molecule has 9 nitrogen and oxygen atoms in total. The first-order valence-corrected chi connectivity index (χ1v) is 15.7. The van der Waals surface area contributed by atoms with E-state index in [0.29, 0.717) is 32.1 Å². The highest BCUT2D eigenvalue weighted by atomic mass is 32.2. The number of nitrogens with zero attached hydrogens (tertiary/aromatic N) is 3. The Balaban J connectivity index is 1.52. The first-order valence-electron chi connectivity index (χ1n) is 13.6. The molecule has 0 saturated carbocycles. The van der Waals surface area contributed by atoms with Crippen molar-refractivity contribution in [1.29, 1.82) is 0 Å². The van der Waals surface area contributed by atoms with Gasteiger partial charge in [0.15, 0.2) is 4.80 Å². The van der Waals surface area contributed by atoms with Crippen molar-refractivity contribution in [1.82, 2.24) is 4.57 Å². The molecule has 2 aromatic heterocycles. The van der Waals surface area contributed by atoms with E-state index in [1.54, 1.807) is 53.6 Å². The fourth-order valence-electron chi connectivity index (χ4n) is 5.00. The van der Waals surface area contributed by atoms with Gasteiger partial charge in [-0.25, -0.2) is 9.79 Å². The largest absolute Gasteiger partial charge is 0.463 e. The Hall–Kier alpha value is -5.00. The van der Waals surface area contributed by atoms with Crippen molar-refractivity contribution in [3.8, 4) is 11.3 Å². The summed E-state index contributed by atoms with van der Waals surface area (Å²) in [5.74, 6) is 0.390. The zero-order valence-electron chi connectivity index (χ0n) is 23.6. The molecule has 0 saturated heterocycles. The fraction of sp³-hybridized carbons (Fsp3) is 0.121. The molecule has 0 radical (unpaired) electrons. The number of ether oxygens (including phenoxy) is 1. The molecule has 0 N–H and O–H groups in total. The number of non-ortho nitro benzene ring substituents is 1. The Labute approximate surface area is 259 Å². The van der Waals surface area contributed by atoms with Crippen molar-refractivity contribution in [3.05, 3.63) is 143 Å². The van der Waals surface area contributed by atoms with Crippen LogP contribution in [0.25, 0.3) is 23.1 Å². The first kappa shape index (κ1) is 29.1. The van der Waals surface area contributed by atoms with Crippen LogP contribution in [0.5, 0.6) is 0 Å². The number of benzene rings is 3. The Morgan fingerprint density at radius 1 is 1.05 bits per heavy atom. The minimum atomic E-state index is -0.772. The third-order valence-electron chi connectivity index (χ3n) is 7.07. The van der Waals surface area contributed by atoms with Crippen LogP contribution in [0.1, 0.15) is 29.9 Å². The van der Waals surface area contributed by atoms with Gasteiger partial charge in [-0.15, -0.1) is 11.8 Å². The highest BCUT2D eigenvalue weighted by molar-refractivity contribution is 7.98. The zero-order chi connectivity index (χ0) is 30.8. The number of nitro groups is 1. The zero-order valence-corrected chi connectivity index (χ0v) is 25.3. The summed E-state index contributed by atoms with van der Waals surface area (Å²) < 4.78 is 13.4. The van der Waals surface area contributed by atoms with Gasteiger partial charge in [0.1, 0.15) is 11.5 Å². The van der Waals surface area contributed by atoms with E-state index in [4.69, 9.17) is 14.1 Å². The van der Waals surface area contributed by atoms with Crippen LogP contribution in [0.3, 0.4) is 0 Å². The maximum absolute atomic E-state index is 14.1. The molecule has 0 amide bonds. The third kappa shape index (κ3) is 5.54. The molecular formula is C33H25N3O6S2. The molecule has 1 aliphatic heterocycles. The Bertz CT molecular complexity index is 2080. The van der Waals surface area contributed by atoms with Crippen molar-refractivity contribution in [3.63, 3.8) is 0 Å². The van der Waals surface area contributed by atoms with Crippen LogP contribution in [-0.4, -0.2) is 28.3 Å². The van der Waals surface area contributed by atoms with E-state index in [0.717, 1.165) is 16.0 Å². The number of carbonyl (C=O) groups is 1. The number of esters is 1. The van der Waals surface area contributed by atoms with Crippen molar-refractivity contribution in [2.45, 2.75) is 17.9 Å². The maximum Gasteiger partial charge on any atom is 0.338 e. The van der Waals surface area contributed by atoms with Gasteiger partial charge in [-0.3, -0.25) is 19.5 Å². The summed E-state index contributed by atoms with van der Waals surface area (Å²) in [6.45, 7) is 1.91. The van der Waals surface area contributed by atoms with Crippen molar-refractivity contribution in [2.75, 3.05) is 12.9 Å². The predicted octanol–water partition coefficient (Wildman–Crippen LogP) is 5.83. The van der Waals surface area contributed by atoms with Crippen molar-refractivity contribution >= 4 is 46.5 Å². The summed E-state index contributed by atoms with van der Waals surface area (Å²) in [6, 6.07) is 25.9. The standard InChI is InChI=1S/C33H25N3O6S2/c1-3-41-32(38)28-29(21-7-5-4-6-8-21)34-33-35(30(28)22-11-16-25(43-2)17-12-22)31(37)27(44-33)19-24-15-18-26(42-24)20-9-13-23(14-10-20)36(39)40/h4-19,30H,3H2,1-2H3/b27-19-. The molecule has 3 heterocycles. The summed E-state index contributed by atoms with van der Waals surface area (Å²) in [5, 5.41) is 11.0.